The minimum Gasteiger partial charge on any atom is -1.00 e. The predicted octanol–water partition coefficient (Wildman–Crippen LogP) is -3.92. The van der Waals surface area contributed by atoms with Gasteiger partial charge >= 0.3 is 19.5 Å². The van der Waals surface area contributed by atoms with E-state index in [4.69, 9.17) is 0 Å². The molecule has 1 rings (SSSR count). The van der Waals surface area contributed by atoms with E-state index in [0.29, 0.717) is 0 Å². The van der Waals surface area contributed by atoms with Crippen LogP contribution < -0.4 is 24.8 Å². The molecule has 0 heterocycles. The van der Waals surface area contributed by atoms with Crippen molar-refractivity contribution in [2.45, 2.75) is 0 Å². The molecule has 12 heavy (non-hydrogen) atoms. The standard InChI is InChI=1S/C6H5F.C2H2.2ClH.Zn/c7-6-4-2-1-3-5-6;1-2;;;/h1-5H;1-2H;2*1H;/q;;;;+2/p-2. The molecule has 0 aliphatic heterocycles. The molecule has 0 saturated carbocycles. The molecule has 0 nitrogen and oxygen atoms in total. The van der Waals surface area contributed by atoms with Crippen LogP contribution in [0.1, 0.15) is 0 Å². The topological polar surface area (TPSA) is 0 Å². The Hall–Kier alpha value is -0.0866. The summed E-state index contributed by atoms with van der Waals surface area (Å²) in [5.74, 6) is -0.178. The molecule has 0 aliphatic carbocycles. The molecule has 0 N–H and O–H groups in total. The average molecular weight is 258 g/mol. The average Bonchev–Trinajstić information content (AvgIpc) is 1.94. The largest absolute Gasteiger partial charge is 2.00 e. The number of halogens is 3. The smallest absolute Gasteiger partial charge is 1.00 e. The minimum absolute atomic E-state index is 0. The first kappa shape index (κ1) is 22.7. The summed E-state index contributed by atoms with van der Waals surface area (Å²) < 4.78 is 11.9. The van der Waals surface area contributed by atoms with Crippen LogP contribution in [-0.2, 0) is 19.5 Å². The Balaban J connectivity index is -0.0000000600. The molecule has 0 spiro atoms. The summed E-state index contributed by atoms with van der Waals surface area (Å²) in [5, 5.41) is 0. The molecule has 0 saturated heterocycles. The van der Waals surface area contributed by atoms with E-state index in [2.05, 4.69) is 12.8 Å². The van der Waals surface area contributed by atoms with Gasteiger partial charge in [-0.05, 0) is 12.1 Å². The predicted molar refractivity (Wildman–Crippen MR) is 36.3 cm³/mol. The van der Waals surface area contributed by atoms with Gasteiger partial charge in [0.1, 0.15) is 5.82 Å². The molecule has 1 aromatic carbocycles. The third-order valence-electron chi connectivity index (χ3n) is 0.733. The fourth-order valence-electron chi connectivity index (χ4n) is 0.415. The van der Waals surface area contributed by atoms with Crippen LogP contribution in [-0.4, -0.2) is 0 Å². The van der Waals surface area contributed by atoms with E-state index >= 15 is 0 Å². The van der Waals surface area contributed by atoms with E-state index in [0.717, 1.165) is 0 Å². The second-order valence-corrected chi connectivity index (χ2v) is 1.30. The molecule has 0 bridgehead atoms. The quantitative estimate of drug-likeness (QED) is 0.329. The molecule has 1 aromatic rings. The Bertz CT molecular complexity index is 177. The number of hydrogen-bond donors (Lipinski definition) is 0. The van der Waals surface area contributed by atoms with E-state index in [1.54, 1.807) is 18.2 Å². The van der Waals surface area contributed by atoms with Crippen LogP contribution in [0.2, 0.25) is 0 Å². The van der Waals surface area contributed by atoms with E-state index in [9.17, 15) is 4.39 Å². The number of benzene rings is 1. The van der Waals surface area contributed by atoms with Gasteiger partial charge in [-0.2, -0.15) is 0 Å². The molecule has 0 unspecified atom stereocenters. The summed E-state index contributed by atoms with van der Waals surface area (Å²) >= 11 is 0. The molecular formula is C8H7Cl2FZn. The van der Waals surface area contributed by atoms with Gasteiger partial charge in [0.25, 0.3) is 0 Å². The summed E-state index contributed by atoms with van der Waals surface area (Å²) in [6.45, 7) is 0. The summed E-state index contributed by atoms with van der Waals surface area (Å²) in [4.78, 5) is 0. The van der Waals surface area contributed by atoms with Crippen molar-refractivity contribution < 1.29 is 48.7 Å². The fraction of sp³-hybridized carbons (Fsp3) is 0. The third kappa shape index (κ3) is 12.6. The first-order valence-corrected chi connectivity index (χ1v) is 2.43. The van der Waals surface area contributed by atoms with Gasteiger partial charge in [-0.3, -0.25) is 0 Å². The zero-order chi connectivity index (χ0) is 7.11. The molecular weight excluding hydrogens is 251 g/mol. The first-order valence-electron chi connectivity index (χ1n) is 2.43. The summed E-state index contributed by atoms with van der Waals surface area (Å²) in [6.07, 6.45) is 8.00. The number of hydrogen-bond acceptors (Lipinski definition) is 0. The molecule has 0 fully saturated rings. The van der Waals surface area contributed by atoms with Crippen molar-refractivity contribution in [3.63, 3.8) is 0 Å². The van der Waals surface area contributed by atoms with Crippen LogP contribution in [0.4, 0.5) is 4.39 Å². The van der Waals surface area contributed by atoms with Crippen molar-refractivity contribution >= 4 is 0 Å². The first-order chi connectivity index (χ1) is 4.39. The van der Waals surface area contributed by atoms with Gasteiger partial charge in [-0.1, -0.05) is 18.2 Å². The van der Waals surface area contributed by atoms with Crippen LogP contribution in [0.5, 0.6) is 0 Å². The summed E-state index contributed by atoms with van der Waals surface area (Å²) in [7, 11) is 0. The zero-order valence-electron chi connectivity index (χ0n) is 6.38. The van der Waals surface area contributed by atoms with Crippen molar-refractivity contribution in [3.05, 3.63) is 36.1 Å². The maximum atomic E-state index is 11.9. The van der Waals surface area contributed by atoms with E-state index in [1.807, 2.05) is 0 Å². The summed E-state index contributed by atoms with van der Waals surface area (Å²) in [5.41, 5.74) is 0. The van der Waals surface area contributed by atoms with Gasteiger partial charge in [-0.15, -0.1) is 12.8 Å². The maximum absolute atomic E-state index is 11.9. The SMILES string of the molecule is C#C.Fc1ccccc1.[Cl-].[Cl-].[Zn+2]. The van der Waals surface area contributed by atoms with Crippen LogP contribution in [0.15, 0.2) is 30.3 Å². The van der Waals surface area contributed by atoms with Crippen molar-refractivity contribution in [1.29, 1.82) is 0 Å². The van der Waals surface area contributed by atoms with Crippen LogP contribution in [0.25, 0.3) is 0 Å². The number of terminal acetylenes is 1. The van der Waals surface area contributed by atoms with Crippen LogP contribution >= 0.6 is 0 Å². The fourth-order valence-corrected chi connectivity index (χ4v) is 0.415. The maximum Gasteiger partial charge on any atom is 2.00 e. The van der Waals surface area contributed by atoms with Crippen molar-refractivity contribution in [2.24, 2.45) is 0 Å². The molecule has 62 valence electrons. The van der Waals surface area contributed by atoms with Gasteiger partial charge < -0.3 is 24.8 Å². The molecule has 0 amide bonds. The monoisotopic (exact) mass is 256 g/mol. The molecule has 4 heteroatoms. The van der Waals surface area contributed by atoms with Gasteiger partial charge in [0.05, 0.1) is 0 Å². The van der Waals surface area contributed by atoms with Crippen molar-refractivity contribution in [1.82, 2.24) is 0 Å². The molecule has 0 atom stereocenters. The van der Waals surface area contributed by atoms with Crippen molar-refractivity contribution in [3.8, 4) is 12.8 Å². The zero-order valence-corrected chi connectivity index (χ0v) is 10.9. The Kier molecular flexibility index (Phi) is 32.3. The van der Waals surface area contributed by atoms with Gasteiger partial charge in [0.2, 0.25) is 0 Å². The normalized spacial score (nSPS) is 5.25. The molecule has 0 radical (unpaired) electrons. The second kappa shape index (κ2) is 17.1. The Morgan fingerprint density at radius 1 is 0.917 bits per heavy atom. The minimum atomic E-state index is -0.178. The molecule has 0 aliphatic rings. The van der Waals surface area contributed by atoms with E-state index in [1.165, 1.54) is 12.1 Å². The Labute approximate surface area is 97.5 Å². The van der Waals surface area contributed by atoms with Crippen LogP contribution in [0, 0.1) is 18.7 Å². The van der Waals surface area contributed by atoms with E-state index < -0.39 is 0 Å². The molecule has 0 aromatic heterocycles. The van der Waals surface area contributed by atoms with Gasteiger partial charge in [-0.25, -0.2) is 4.39 Å². The van der Waals surface area contributed by atoms with Crippen LogP contribution in [0.3, 0.4) is 0 Å². The van der Waals surface area contributed by atoms with Gasteiger partial charge in [0, 0.05) is 0 Å². The Morgan fingerprint density at radius 2 is 1.25 bits per heavy atom. The summed E-state index contributed by atoms with van der Waals surface area (Å²) in [6, 6.07) is 7.94. The van der Waals surface area contributed by atoms with Gasteiger partial charge in [0.15, 0.2) is 0 Å². The van der Waals surface area contributed by atoms with E-state index in [-0.39, 0.29) is 50.1 Å². The second-order valence-electron chi connectivity index (χ2n) is 1.30. The Morgan fingerprint density at radius 3 is 1.42 bits per heavy atom. The van der Waals surface area contributed by atoms with Crippen molar-refractivity contribution in [2.75, 3.05) is 0 Å². The number of rotatable bonds is 0. The third-order valence-corrected chi connectivity index (χ3v) is 0.733.